The van der Waals surface area contributed by atoms with Crippen molar-refractivity contribution in [2.75, 3.05) is 7.11 Å². The smallest absolute Gasteiger partial charge is 0.411 e. The highest BCUT2D eigenvalue weighted by Gasteiger charge is 2.47. The van der Waals surface area contributed by atoms with Gasteiger partial charge in [0.15, 0.2) is 0 Å². The van der Waals surface area contributed by atoms with Crippen LogP contribution < -0.4 is 0 Å². The van der Waals surface area contributed by atoms with E-state index in [4.69, 9.17) is 9.47 Å². The lowest BCUT2D eigenvalue weighted by atomic mass is 9.93. The lowest BCUT2D eigenvalue weighted by Gasteiger charge is -2.32. The highest BCUT2D eigenvalue weighted by molar-refractivity contribution is 5.82. The van der Waals surface area contributed by atoms with Crippen molar-refractivity contribution in [1.82, 2.24) is 4.90 Å². The normalized spacial score (nSPS) is 24.7. The summed E-state index contributed by atoms with van der Waals surface area (Å²) in [4.78, 5) is 26.2. The van der Waals surface area contributed by atoms with Crippen LogP contribution in [0.1, 0.15) is 40.0 Å². The molecule has 1 heterocycles. The minimum Gasteiger partial charge on any atom is -0.467 e. The summed E-state index contributed by atoms with van der Waals surface area (Å²) < 4.78 is 10.3. The van der Waals surface area contributed by atoms with Crippen LogP contribution >= 0.6 is 0 Å². The Morgan fingerprint density at radius 3 is 2.27 bits per heavy atom. The first-order valence-corrected chi connectivity index (χ1v) is 7.56. The van der Waals surface area contributed by atoms with E-state index in [2.05, 4.69) is 13.2 Å². The number of carbonyl (C=O) groups excluding carboxylic acids is 2. The van der Waals surface area contributed by atoms with Gasteiger partial charge in [0, 0.05) is 6.04 Å². The predicted octanol–water partition coefficient (Wildman–Crippen LogP) is 3.31. The van der Waals surface area contributed by atoms with Gasteiger partial charge in [0.1, 0.15) is 11.6 Å². The molecule has 0 aromatic rings. The van der Waals surface area contributed by atoms with Crippen molar-refractivity contribution in [2.24, 2.45) is 5.92 Å². The van der Waals surface area contributed by atoms with Crippen molar-refractivity contribution >= 4 is 12.1 Å². The molecular weight excluding hydrogens is 282 g/mol. The molecule has 124 valence electrons. The molecule has 0 N–H and O–H groups in total. The lowest BCUT2D eigenvalue weighted by molar-refractivity contribution is -0.146. The first-order valence-electron chi connectivity index (χ1n) is 7.56. The third-order valence-corrected chi connectivity index (χ3v) is 3.72. The number of hydrogen-bond acceptors (Lipinski definition) is 4. The van der Waals surface area contributed by atoms with E-state index in [-0.39, 0.29) is 12.0 Å². The molecule has 0 aromatic carbocycles. The number of nitrogens with zero attached hydrogens (tertiary/aromatic N) is 1. The van der Waals surface area contributed by atoms with E-state index in [1.165, 1.54) is 12.0 Å². The van der Waals surface area contributed by atoms with Gasteiger partial charge < -0.3 is 9.47 Å². The van der Waals surface area contributed by atoms with E-state index in [0.717, 1.165) is 6.42 Å². The standard InChI is InChI=1S/C17H27NO4/c1-7-9-12-11-14(15(19)21-6)18(13(12)10-8-2)16(20)22-17(3,4)5/h7-8,12-14H,1-2,9-11H2,3-6H3/t12-,13+,14-/m0/s1. The molecule has 1 saturated heterocycles. The van der Waals surface area contributed by atoms with Crippen molar-refractivity contribution in [3.8, 4) is 0 Å². The number of allylic oxidation sites excluding steroid dienone is 1. The Labute approximate surface area is 133 Å². The van der Waals surface area contributed by atoms with E-state index in [9.17, 15) is 9.59 Å². The maximum absolute atomic E-state index is 12.6. The van der Waals surface area contributed by atoms with Gasteiger partial charge in [-0.1, -0.05) is 12.2 Å². The molecule has 1 aliphatic rings. The predicted molar refractivity (Wildman–Crippen MR) is 85.4 cm³/mol. The summed E-state index contributed by atoms with van der Waals surface area (Å²) in [7, 11) is 1.33. The van der Waals surface area contributed by atoms with Gasteiger partial charge in [0.2, 0.25) is 0 Å². The minimum absolute atomic E-state index is 0.130. The fourth-order valence-corrected chi connectivity index (χ4v) is 2.88. The van der Waals surface area contributed by atoms with Gasteiger partial charge in [-0.25, -0.2) is 9.59 Å². The van der Waals surface area contributed by atoms with E-state index in [0.29, 0.717) is 12.8 Å². The second-order valence-electron chi connectivity index (χ2n) is 6.54. The molecular formula is C17H27NO4. The van der Waals surface area contributed by atoms with Gasteiger partial charge in [-0.3, -0.25) is 4.90 Å². The largest absolute Gasteiger partial charge is 0.467 e. The maximum Gasteiger partial charge on any atom is 0.411 e. The van der Waals surface area contributed by atoms with Gasteiger partial charge in [-0.2, -0.15) is 0 Å². The van der Waals surface area contributed by atoms with Gasteiger partial charge in [0.25, 0.3) is 0 Å². The highest BCUT2D eigenvalue weighted by Crippen LogP contribution is 2.36. The molecule has 22 heavy (non-hydrogen) atoms. The maximum atomic E-state index is 12.6. The summed E-state index contributed by atoms with van der Waals surface area (Å²) >= 11 is 0. The summed E-state index contributed by atoms with van der Waals surface area (Å²) in [5.41, 5.74) is -0.618. The molecule has 3 atom stereocenters. The molecule has 0 radical (unpaired) electrons. The molecule has 1 rings (SSSR count). The van der Waals surface area contributed by atoms with Crippen molar-refractivity contribution in [3.63, 3.8) is 0 Å². The van der Waals surface area contributed by atoms with E-state index in [1.54, 1.807) is 26.8 Å². The fraction of sp³-hybridized carbons (Fsp3) is 0.647. The molecule has 0 bridgehead atoms. The molecule has 0 aliphatic carbocycles. The van der Waals surface area contributed by atoms with Crippen LogP contribution in [0.4, 0.5) is 4.79 Å². The van der Waals surface area contributed by atoms with Crippen molar-refractivity contribution in [3.05, 3.63) is 25.3 Å². The molecule has 1 aliphatic heterocycles. The van der Waals surface area contributed by atoms with Crippen LogP contribution in [0.5, 0.6) is 0 Å². The van der Waals surface area contributed by atoms with Crippen LogP contribution in [0.2, 0.25) is 0 Å². The summed E-state index contributed by atoms with van der Waals surface area (Å²) in [5.74, 6) is -0.265. The highest BCUT2D eigenvalue weighted by atomic mass is 16.6. The number of carbonyl (C=O) groups is 2. The minimum atomic E-state index is -0.618. The zero-order chi connectivity index (χ0) is 16.9. The zero-order valence-electron chi connectivity index (χ0n) is 14.0. The van der Waals surface area contributed by atoms with Crippen LogP contribution in [0.15, 0.2) is 25.3 Å². The number of amides is 1. The number of likely N-dealkylation sites (tertiary alicyclic amines) is 1. The molecule has 1 amide bonds. The van der Waals surface area contributed by atoms with Crippen LogP contribution in [-0.2, 0) is 14.3 Å². The van der Waals surface area contributed by atoms with Crippen LogP contribution in [0.25, 0.3) is 0 Å². The summed E-state index contributed by atoms with van der Waals surface area (Å²) in [6, 6.07) is -0.746. The second-order valence-corrected chi connectivity index (χ2v) is 6.54. The molecule has 0 saturated carbocycles. The average Bonchev–Trinajstić information content (AvgIpc) is 2.76. The van der Waals surface area contributed by atoms with Crippen molar-refractivity contribution in [1.29, 1.82) is 0 Å². The Morgan fingerprint density at radius 2 is 1.82 bits per heavy atom. The third-order valence-electron chi connectivity index (χ3n) is 3.72. The van der Waals surface area contributed by atoms with Crippen molar-refractivity contribution in [2.45, 2.75) is 57.7 Å². The van der Waals surface area contributed by atoms with Crippen LogP contribution in [0, 0.1) is 5.92 Å². The van der Waals surface area contributed by atoms with E-state index >= 15 is 0 Å². The molecule has 0 aromatic heterocycles. The fourth-order valence-electron chi connectivity index (χ4n) is 2.88. The van der Waals surface area contributed by atoms with Gasteiger partial charge >= 0.3 is 12.1 Å². The Kier molecular flexibility index (Phi) is 6.21. The number of hydrogen-bond donors (Lipinski definition) is 0. The molecule has 5 heteroatoms. The van der Waals surface area contributed by atoms with Gasteiger partial charge in [0.05, 0.1) is 7.11 Å². The molecule has 5 nitrogen and oxygen atoms in total. The first kappa shape index (κ1) is 18.3. The zero-order valence-corrected chi connectivity index (χ0v) is 14.0. The Morgan fingerprint density at radius 1 is 1.23 bits per heavy atom. The monoisotopic (exact) mass is 309 g/mol. The lowest BCUT2D eigenvalue weighted by Crippen LogP contribution is -2.48. The van der Waals surface area contributed by atoms with Gasteiger partial charge in [-0.15, -0.1) is 13.2 Å². The molecule has 1 fully saturated rings. The average molecular weight is 309 g/mol. The first-order chi connectivity index (χ1) is 10.2. The summed E-state index contributed by atoms with van der Waals surface area (Å²) in [6.07, 6.45) is 4.97. The van der Waals surface area contributed by atoms with Crippen molar-refractivity contribution < 1.29 is 19.1 Å². The summed E-state index contributed by atoms with van der Waals surface area (Å²) in [6.45, 7) is 12.9. The number of ether oxygens (including phenoxy) is 2. The molecule has 0 unspecified atom stereocenters. The van der Waals surface area contributed by atoms with Crippen LogP contribution in [0.3, 0.4) is 0 Å². The SMILES string of the molecule is C=CC[C@H]1C[C@@H](C(=O)OC)N(C(=O)OC(C)(C)C)[C@@H]1CC=C. The van der Waals surface area contributed by atoms with Crippen LogP contribution in [-0.4, -0.2) is 41.8 Å². The Balaban J connectivity index is 3.10. The number of rotatable bonds is 5. The second kappa shape index (κ2) is 7.47. The number of esters is 1. The number of methoxy groups -OCH3 is 1. The quantitative estimate of drug-likeness (QED) is 0.577. The Hall–Kier alpha value is -1.78. The summed E-state index contributed by atoms with van der Waals surface area (Å²) in [5, 5.41) is 0. The van der Waals surface area contributed by atoms with Gasteiger partial charge in [-0.05, 0) is 46.0 Å². The topological polar surface area (TPSA) is 55.8 Å². The third kappa shape index (κ3) is 4.36. The Bertz CT molecular complexity index is 438. The molecule has 0 spiro atoms. The van der Waals surface area contributed by atoms with E-state index < -0.39 is 23.7 Å². The van der Waals surface area contributed by atoms with E-state index in [1.807, 2.05) is 6.08 Å².